The van der Waals surface area contributed by atoms with Gasteiger partial charge in [-0.1, -0.05) is 30.3 Å². The number of nitrogens with zero attached hydrogens (tertiary/aromatic N) is 2. The number of carbonyl (C=O) groups excluding carboxylic acids is 2. The molecule has 6 heteroatoms. The van der Waals surface area contributed by atoms with E-state index in [2.05, 4.69) is 10.3 Å². The largest absolute Gasteiger partial charge is 0.361 e. The molecule has 2 aromatic rings. The van der Waals surface area contributed by atoms with Crippen LogP contribution >= 0.6 is 0 Å². The Morgan fingerprint density at radius 2 is 2.08 bits per heavy atom. The van der Waals surface area contributed by atoms with E-state index in [1.807, 2.05) is 36.4 Å². The van der Waals surface area contributed by atoms with Crippen LogP contribution in [0.1, 0.15) is 12.5 Å². The van der Waals surface area contributed by atoms with Crippen molar-refractivity contribution in [3.8, 4) is 11.1 Å². The van der Waals surface area contributed by atoms with Gasteiger partial charge in [0.25, 0.3) is 5.91 Å². The van der Waals surface area contributed by atoms with Crippen LogP contribution in [-0.2, 0) is 20.7 Å². The van der Waals surface area contributed by atoms with E-state index in [1.165, 1.54) is 6.92 Å². The monoisotopic (exact) mass is 353 g/mol. The summed E-state index contributed by atoms with van der Waals surface area (Å²) >= 11 is 0. The summed E-state index contributed by atoms with van der Waals surface area (Å²) in [6.07, 6.45) is 3.91. The molecule has 1 N–H and O–H groups in total. The van der Waals surface area contributed by atoms with Gasteiger partial charge in [0.15, 0.2) is 5.60 Å². The van der Waals surface area contributed by atoms with Crippen LogP contribution in [0.5, 0.6) is 0 Å². The molecule has 1 aromatic heterocycles. The first-order chi connectivity index (χ1) is 12.6. The average molecular weight is 353 g/mol. The molecule has 0 spiro atoms. The number of carbonyl (C=O) groups is 2. The van der Waals surface area contributed by atoms with Gasteiger partial charge in [-0.15, -0.1) is 0 Å². The van der Waals surface area contributed by atoms with Gasteiger partial charge in [0, 0.05) is 44.9 Å². The molecule has 0 radical (unpaired) electrons. The van der Waals surface area contributed by atoms with Crippen LogP contribution in [0, 0.1) is 0 Å². The first-order valence-corrected chi connectivity index (χ1v) is 8.66. The van der Waals surface area contributed by atoms with E-state index < -0.39 is 5.60 Å². The van der Waals surface area contributed by atoms with E-state index in [-0.39, 0.29) is 18.4 Å². The molecule has 1 saturated heterocycles. The fraction of sp³-hybridized carbons (Fsp3) is 0.350. The van der Waals surface area contributed by atoms with Crippen LogP contribution < -0.4 is 5.32 Å². The van der Waals surface area contributed by atoms with Gasteiger partial charge in [-0.05, 0) is 17.2 Å². The van der Waals surface area contributed by atoms with Gasteiger partial charge >= 0.3 is 0 Å². The van der Waals surface area contributed by atoms with Gasteiger partial charge in [-0.3, -0.25) is 14.6 Å². The minimum atomic E-state index is -1.10. The van der Waals surface area contributed by atoms with Crippen molar-refractivity contribution < 1.29 is 14.3 Å². The molecule has 1 aliphatic heterocycles. The third-order valence-corrected chi connectivity index (χ3v) is 4.74. The molecule has 3 rings (SSSR count). The van der Waals surface area contributed by atoms with E-state index in [1.54, 1.807) is 24.3 Å². The summed E-state index contributed by atoms with van der Waals surface area (Å²) < 4.78 is 5.97. The fourth-order valence-electron chi connectivity index (χ4n) is 3.39. The molecule has 0 bridgehead atoms. The SMILES string of the molecule is CNC(=O)[C@]1(Cc2ccccc2-c2cccnc2)CN(C(C)=O)CCO1. The Bertz CT molecular complexity index is 794. The van der Waals surface area contributed by atoms with E-state index >= 15 is 0 Å². The second kappa shape index (κ2) is 7.66. The number of benzene rings is 1. The highest BCUT2D eigenvalue weighted by Gasteiger charge is 2.44. The Morgan fingerprint density at radius 1 is 1.27 bits per heavy atom. The van der Waals surface area contributed by atoms with E-state index in [0.29, 0.717) is 19.6 Å². The Labute approximate surface area is 153 Å². The topological polar surface area (TPSA) is 71.5 Å². The summed E-state index contributed by atoms with van der Waals surface area (Å²) in [6, 6.07) is 11.8. The maximum Gasteiger partial charge on any atom is 0.254 e. The Kier molecular flexibility index (Phi) is 5.32. The minimum Gasteiger partial charge on any atom is -0.361 e. The fourth-order valence-corrected chi connectivity index (χ4v) is 3.39. The summed E-state index contributed by atoms with van der Waals surface area (Å²) in [5, 5.41) is 2.70. The number of hydrogen-bond acceptors (Lipinski definition) is 4. The van der Waals surface area contributed by atoms with E-state index in [9.17, 15) is 9.59 Å². The normalized spacial score (nSPS) is 19.8. The second-order valence-corrected chi connectivity index (χ2v) is 6.44. The molecule has 1 atom stereocenters. The zero-order valence-electron chi connectivity index (χ0n) is 15.1. The summed E-state index contributed by atoms with van der Waals surface area (Å²) in [6.45, 7) is 2.59. The number of aromatic nitrogens is 1. The zero-order chi connectivity index (χ0) is 18.6. The summed E-state index contributed by atoms with van der Waals surface area (Å²) in [5.74, 6) is -0.272. The Morgan fingerprint density at radius 3 is 2.77 bits per heavy atom. The van der Waals surface area contributed by atoms with Crippen LogP contribution in [0.2, 0.25) is 0 Å². The van der Waals surface area contributed by atoms with Crippen molar-refractivity contribution in [1.29, 1.82) is 0 Å². The summed E-state index contributed by atoms with van der Waals surface area (Å²) in [5.41, 5.74) is 1.87. The standard InChI is InChI=1S/C20H23N3O3/c1-15(24)23-10-11-26-20(14-23,19(25)21-2)12-16-6-3-4-8-18(16)17-7-5-9-22-13-17/h3-9,13H,10-12,14H2,1-2H3,(H,21,25)/t20-/m0/s1. The number of ether oxygens (including phenoxy) is 1. The quantitative estimate of drug-likeness (QED) is 0.907. The Hall–Kier alpha value is -2.73. The number of hydrogen-bond donors (Lipinski definition) is 1. The van der Waals surface area contributed by atoms with Crippen LogP contribution in [0.25, 0.3) is 11.1 Å². The second-order valence-electron chi connectivity index (χ2n) is 6.44. The lowest BCUT2D eigenvalue weighted by Crippen LogP contribution is -2.61. The molecular formula is C20H23N3O3. The minimum absolute atomic E-state index is 0.0536. The molecule has 1 aliphatic rings. The van der Waals surface area contributed by atoms with Gasteiger partial charge < -0.3 is 15.0 Å². The zero-order valence-corrected chi connectivity index (χ0v) is 15.1. The summed E-state index contributed by atoms with van der Waals surface area (Å²) in [4.78, 5) is 30.5. The third-order valence-electron chi connectivity index (χ3n) is 4.74. The van der Waals surface area contributed by atoms with Crippen LogP contribution in [0.4, 0.5) is 0 Å². The molecule has 136 valence electrons. The average Bonchev–Trinajstić information content (AvgIpc) is 2.68. The lowest BCUT2D eigenvalue weighted by atomic mass is 9.87. The lowest BCUT2D eigenvalue weighted by molar-refractivity contribution is -0.164. The van der Waals surface area contributed by atoms with Crippen molar-refractivity contribution >= 4 is 11.8 Å². The molecule has 0 unspecified atom stereocenters. The molecule has 0 saturated carbocycles. The maximum atomic E-state index is 12.7. The van der Waals surface area contributed by atoms with Gasteiger partial charge in [0.05, 0.1) is 13.2 Å². The number of morpholine rings is 1. The van der Waals surface area contributed by atoms with Crippen molar-refractivity contribution in [2.45, 2.75) is 18.9 Å². The molecule has 2 heterocycles. The highest BCUT2D eigenvalue weighted by Crippen LogP contribution is 2.30. The van der Waals surface area contributed by atoms with Gasteiger partial charge in [0.2, 0.25) is 5.91 Å². The van der Waals surface area contributed by atoms with Crippen molar-refractivity contribution in [2.24, 2.45) is 0 Å². The first-order valence-electron chi connectivity index (χ1n) is 8.66. The molecule has 1 aromatic carbocycles. The van der Waals surface area contributed by atoms with Crippen molar-refractivity contribution in [3.63, 3.8) is 0 Å². The number of likely N-dealkylation sites (N-methyl/N-ethyl adjacent to an activating group) is 1. The van der Waals surface area contributed by atoms with Gasteiger partial charge in [0.1, 0.15) is 0 Å². The third kappa shape index (κ3) is 3.60. The number of rotatable bonds is 4. The number of pyridine rings is 1. The van der Waals surface area contributed by atoms with Gasteiger partial charge in [-0.25, -0.2) is 0 Å². The lowest BCUT2D eigenvalue weighted by Gasteiger charge is -2.41. The molecular weight excluding hydrogens is 330 g/mol. The van der Waals surface area contributed by atoms with Crippen LogP contribution in [0.3, 0.4) is 0 Å². The first kappa shape index (κ1) is 18.1. The maximum absolute atomic E-state index is 12.7. The van der Waals surface area contributed by atoms with Crippen molar-refractivity contribution in [3.05, 3.63) is 54.4 Å². The van der Waals surface area contributed by atoms with Crippen molar-refractivity contribution in [1.82, 2.24) is 15.2 Å². The number of nitrogens with one attached hydrogen (secondary N) is 1. The highest BCUT2D eigenvalue weighted by atomic mass is 16.5. The molecule has 6 nitrogen and oxygen atoms in total. The van der Waals surface area contributed by atoms with E-state index in [4.69, 9.17) is 4.74 Å². The summed E-state index contributed by atoms with van der Waals surface area (Å²) in [7, 11) is 1.59. The van der Waals surface area contributed by atoms with E-state index in [0.717, 1.165) is 16.7 Å². The van der Waals surface area contributed by atoms with Crippen LogP contribution in [0.15, 0.2) is 48.8 Å². The molecule has 0 aliphatic carbocycles. The molecule has 26 heavy (non-hydrogen) atoms. The predicted molar refractivity (Wildman–Crippen MR) is 98.4 cm³/mol. The number of amides is 2. The van der Waals surface area contributed by atoms with Gasteiger partial charge in [-0.2, -0.15) is 0 Å². The molecule has 2 amide bonds. The Balaban J connectivity index is 1.99. The molecule has 1 fully saturated rings. The van der Waals surface area contributed by atoms with Crippen molar-refractivity contribution in [2.75, 3.05) is 26.7 Å². The predicted octanol–water partition coefficient (Wildman–Crippen LogP) is 1.65. The smallest absolute Gasteiger partial charge is 0.254 e. The highest BCUT2D eigenvalue weighted by molar-refractivity contribution is 5.87. The van der Waals surface area contributed by atoms with Crippen LogP contribution in [-0.4, -0.2) is 54.0 Å².